The maximum absolute atomic E-state index is 12.4. The Morgan fingerprint density at radius 3 is 2.92 bits per heavy atom. The lowest BCUT2D eigenvalue weighted by molar-refractivity contribution is 0.0756. The predicted octanol–water partition coefficient (Wildman–Crippen LogP) is 1.03. The van der Waals surface area contributed by atoms with Crippen LogP contribution in [0.25, 0.3) is 11.2 Å². The monoisotopic (exact) mass is 342 g/mol. The molecule has 9 heteroatoms. The first-order chi connectivity index (χ1) is 12.1. The Hall–Kier alpha value is -2.94. The minimum atomic E-state index is -0.575. The van der Waals surface area contributed by atoms with Crippen molar-refractivity contribution in [3.8, 4) is 0 Å². The van der Waals surface area contributed by atoms with Crippen molar-refractivity contribution in [1.82, 2.24) is 24.5 Å². The molecule has 25 heavy (non-hydrogen) atoms. The van der Waals surface area contributed by atoms with Gasteiger partial charge >= 0.3 is 5.69 Å². The van der Waals surface area contributed by atoms with Gasteiger partial charge in [0, 0.05) is 6.20 Å². The van der Waals surface area contributed by atoms with Crippen molar-refractivity contribution < 1.29 is 5.11 Å². The zero-order chi connectivity index (χ0) is 17.4. The van der Waals surface area contributed by atoms with E-state index < -0.39 is 6.10 Å². The highest BCUT2D eigenvalue weighted by Crippen LogP contribution is 2.29. The molecule has 0 radical (unpaired) electrons. The van der Waals surface area contributed by atoms with Crippen molar-refractivity contribution >= 4 is 22.8 Å². The minimum absolute atomic E-state index is 0.210. The molecular weight excluding hydrogens is 324 g/mol. The highest BCUT2D eigenvalue weighted by Gasteiger charge is 2.28. The molecule has 0 spiro atoms. The summed E-state index contributed by atoms with van der Waals surface area (Å²) < 4.78 is 1.50. The number of fused-ring (bicyclic) bond motifs is 1. The summed E-state index contributed by atoms with van der Waals surface area (Å²) in [6.07, 6.45) is 5.75. The fourth-order valence-corrected chi connectivity index (χ4v) is 3.32. The summed E-state index contributed by atoms with van der Waals surface area (Å²) >= 11 is 0. The normalized spacial score (nSPS) is 20.7. The van der Waals surface area contributed by atoms with Crippen LogP contribution in [0.1, 0.15) is 31.7 Å². The summed E-state index contributed by atoms with van der Waals surface area (Å²) in [6.45, 7) is 0. The van der Waals surface area contributed by atoms with E-state index in [1.165, 1.54) is 17.0 Å². The highest BCUT2D eigenvalue weighted by molar-refractivity contribution is 5.72. The van der Waals surface area contributed by atoms with E-state index in [0.717, 1.165) is 19.3 Å². The van der Waals surface area contributed by atoms with Gasteiger partial charge in [-0.25, -0.2) is 9.78 Å². The van der Waals surface area contributed by atoms with Crippen LogP contribution in [0.5, 0.6) is 0 Å². The SMILES string of the molecule is O=c1[nH]cccc1Nc1ncc2[nH]c(=O)n([C@H]3CCCC[C@@H]3O)c2n1. The van der Waals surface area contributed by atoms with E-state index in [1.807, 2.05) is 0 Å². The Kier molecular flexibility index (Phi) is 3.85. The Bertz CT molecular complexity index is 1020. The topological polar surface area (TPSA) is 129 Å². The van der Waals surface area contributed by atoms with Gasteiger partial charge in [-0.15, -0.1) is 0 Å². The molecule has 1 aliphatic rings. The molecule has 0 aromatic carbocycles. The van der Waals surface area contributed by atoms with E-state index in [1.54, 1.807) is 12.1 Å². The van der Waals surface area contributed by atoms with Gasteiger partial charge in [-0.1, -0.05) is 12.8 Å². The second-order valence-electron chi connectivity index (χ2n) is 6.19. The molecule has 0 aliphatic heterocycles. The smallest absolute Gasteiger partial charge is 0.328 e. The largest absolute Gasteiger partial charge is 0.391 e. The first-order valence-corrected chi connectivity index (χ1v) is 8.23. The second kappa shape index (κ2) is 6.17. The third-order valence-corrected chi connectivity index (χ3v) is 4.55. The lowest BCUT2D eigenvalue weighted by atomic mass is 9.92. The molecule has 1 fully saturated rings. The van der Waals surface area contributed by atoms with Gasteiger partial charge in [-0.3, -0.25) is 9.36 Å². The molecular formula is C16H18N6O3. The first-order valence-electron chi connectivity index (χ1n) is 8.23. The number of imidazole rings is 1. The number of aromatic nitrogens is 5. The van der Waals surface area contributed by atoms with Crippen LogP contribution in [0, 0.1) is 0 Å². The van der Waals surface area contributed by atoms with Crippen LogP contribution in [0.3, 0.4) is 0 Å². The molecule has 0 unspecified atom stereocenters. The van der Waals surface area contributed by atoms with Crippen LogP contribution >= 0.6 is 0 Å². The Labute approximate surface area is 141 Å². The van der Waals surface area contributed by atoms with Crippen LogP contribution in [0.2, 0.25) is 0 Å². The van der Waals surface area contributed by atoms with Crippen molar-refractivity contribution in [2.45, 2.75) is 37.8 Å². The highest BCUT2D eigenvalue weighted by atomic mass is 16.3. The summed E-state index contributed by atoms with van der Waals surface area (Å²) in [5.74, 6) is 0.210. The number of pyridine rings is 1. The number of aliphatic hydroxyl groups excluding tert-OH is 1. The van der Waals surface area contributed by atoms with E-state index in [4.69, 9.17) is 0 Å². The number of aromatic amines is 2. The molecule has 2 atom stereocenters. The quantitative estimate of drug-likeness (QED) is 0.563. The summed E-state index contributed by atoms with van der Waals surface area (Å²) in [5.41, 5.74) is 0.616. The number of H-pyrrole nitrogens is 2. The Morgan fingerprint density at radius 1 is 1.28 bits per heavy atom. The molecule has 0 amide bonds. The number of nitrogens with zero attached hydrogens (tertiary/aromatic N) is 3. The van der Waals surface area contributed by atoms with Crippen molar-refractivity contribution in [2.24, 2.45) is 0 Å². The third-order valence-electron chi connectivity index (χ3n) is 4.55. The molecule has 0 bridgehead atoms. The van der Waals surface area contributed by atoms with Gasteiger partial charge in [0.2, 0.25) is 5.95 Å². The number of nitrogens with one attached hydrogen (secondary N) is 3. The molecule has 9 nitrogen and oxygen atoms in total. The molecule has 1 aliphatic carbocycles. The van der Waals surface area contributed by atoms with Gasteiger partial charge in [-0.05, 0) is 25.0 Å². The van der Waals surface area contributed by atoms with Gasteiger partial charge in [0.15, 0.2) is 5.65 Å². The van der Waals surface area contributed by atoms with E-state index in [-0.39, 0.29) is 23.2 Å². The van der Waals surface area contributed by atoms with E-state index in [9.17, 15) is 14.7 Å². The fraction of sp³-hybridized carbons (Fsp3) is 0.375. The van der Waals surface area contributed by atoms with Crippen LogP contribution in [0.15, 0.2) is 34.1 Å². The van der Waals surface area contributed by atoms with Gasteiger partial charge in [0.1, 0.15) is 11.2 Å². The number of rotatable bonds is 3. The fourth-order valence-electron chi connectivity index (χ4n) is 3.32. The molecule has 130 valence electrons. The van der Waals surface area contributed by atoms with E-state index in [2.05, 4.69) is 25.3 Å². The summed E-state index contributed by atoms with van der Waals surface area (Å²) in [5, 5.41) is 13.1. The summed E-state index contributed by atoms with van der Waals surface area (Å²) in [7, 11) is 0. The van der Waals surface area contributed by atoms with Crippen molar-refractivity contribution in [1.29, 1.82) is 0 Å². The molecule has 4 rings (SSSR count). The van der Waals surface area contributed by atoms with Crippen molar-refractivity contribution in [2.75, 3.05) is 5.32 Å². The average Bonchev–Trinajstić information content (AvgIpc) is 2.93. The molecule has 1 saturated carbocycles. The van der Waals surface area contributed by atoms with E-state index in [0.29, 0.717) is 23.3 Å². The molecule has 3 heterocycles. The van der Waals surface area contributed by atoms with Crippen molar-refractivity contribution in [3.63, 3.8) is 0 Å². The standard InChI is InChI=1S/C16H18N6O3/c23-12-6-2-1-5-11(12)22-13-10(20-16(22)25)8-18-15(21-13)19-9-4-3-7-17-14(9)24/h3-4,7-8,11-12,23H,1-2,5-6H2,(H,17,24)(H,20,25)(H,18,19,21)/t11-,12-/m0/s1. The van der Waals surface area contributed by atoms with Crippen molar-refractivity contribution in [3.05, 3.63) is 45.4 Å². The maximum Gasteiger partial charge on any atom is 0.328 e. The molecule has 0 saturated heterocycles. The predicted molar refractivity (Wildman–Crippen MR) is 92.0 cm³/mol. The summed E-state index contributed by atoms with van der Waals surface area (Å²) in [4.78, 5) is 38.0. The van der Waals surface area contributed by atoms with Crippen LogP contribution in [0.4, 0.5) is 11.6 Å². The van der Waals surface area contributed by atoms with Crippen LogP contribution < -0.4 is 16.6 Å². The molecule has 4 N–H and O–H groups in total. The van der Waals surface area contributed by atoms with E-state index >= 15 is 0 Å². The zero-order valence-electron chi connectivity index (χ0n) is 13.4. The van der Waals surface area contributed by atoms with Gasteiger partial charge in [0.05, 0.1) is 18.3 Å². The third kappa shape index (κ3) is 2.82. The average molecular weight is 342 g/mol. The lowest BCUT2D eigenvalue weighted by Crippen LogP contribution is -2.33. The molecule has 3 aromatic heterocycles. The number of hydrogen-bond donors (Lipinski definition) is 4. The summed E-state index contributed by atoms with van der Waals surface area (Å²) in [6, 6.07) is 2.99. The number of anilines is 2. The first kappa shape index (κ1) is 15.6. The zero-order valence-corrected chi connectivity index (χ0v) is 13.4. The maximum atomic E-state index is 12.4. The van der Waals surface area contributed by atoms with Gasteiger partial charge < -0.3 is 20.4 Å². The Balaban J connectivity index is 1.77. The van der Waals surface area contributed by atoms with Crippen LogP contribution in [-0.2, 0) is 0 Å². The van der Waals surface area contributed by atoms with Gasteiger partial charge in [0.25, 0.3) is 5.56 Å². The number of hydrogen-bond acceptors (Lipinski definition) is 6. The minimum Gasteiger partial charge on any atom is -0.391 e. The second-order valence-corrected chi connectivity index (χ2v) is 6.19. The molecule has 3 aromatic rings. The Morgan fingerprint density at radius 2 is 2.12 bits per heavy atom. The van der Waals surface area contributed by atoms with Gasteiger partial charge in [-0.2, -0.15) is 4.98 Å². The van der Waals surface area contributed by atoms with Crippen LogP contribution in [-0.4, -0.2) is 35.7 Å². The number of aliphatic hydroxyl groups is 1. The lowest BCUT2D eigenvalue weighted by Gasteiger charge is -2.28.